The second-order valence-electron chi connectivity index (χ2n) is 3.77. The predicted octanol–water partition coefficient (Wildman–Crippen LogP) is 0.990. The number of ether oxygens (including phenoxy) is 1. The van der Waals surface area contributed by atoms with E-state index in [2.05, 4.69) is 10.2 Å². The molecule has 1 fully saturated rings. The number of hydrogen-bond acceptors (Lipinski definition) is 4. The van der Waals surface area contributed by atoms with E-state index in [4.69, 9.17) is 10.5 Å². The van der Waals surface area contributed by atoms with Crippen molar-refractivity contribution < 1.29 is 4.74 Å². The molecular weight excluding hydrogens is 180 g/mol. The third-order valence-electron chi connectivity index (χ3n) is 2.78. The van der Waals surface area contributed by atoms with E-state index in [-0.39, 0.29) is 0 Å². The van der Waals surface area contributed by atoms with Gasteiger partial charge in [-0.1, -0.05) is 0 Å². The van der Waals surface area contributed by atoms with Gasteiger partial charge in [0.05, 0.1) is 18.3 Å². The molecule has 0 aromatic carbocycles. The summed E-state index contributed by atoms with van der Waals surface area (Å²) in [5.41, 5.74) is 5.53. The minimum atomic E-state index is 0.348. The molecule has 5 nitrogen and oxygen atoms in total. The summed E-state index contributed by atoms with van der Waals surface area (Å²) in [6, 6.07) is 0.353. The summed E-state index contributed by atoms with van der Waals surface area (Å²) in [5, 5.41) is 8.26. The van der Waals surface area contributed by atoms with E-state index in [1.54, 1.807) is 18.1 Å². The first-order valence-corrected chi connectivity index (χ1v) is 4.99. The maximum Gasteiger partial charge on any atom is 0.165 e. The Bertz CT molecular complexity index is 299. The van der Waals surface area contributed by atoms with Crippen LogP contribution >= 0.6 is 0 Å². The third-order valence-corrected chi connectivity index (χ3v) is 2.78. The monoisotopic (exact) mass is 196 g/mol. The third kappa shape index (κ3) is 1.87. The van der Waals surface area contributed by atoms with Crippen molar-refractivity contribution in [2.45, 2.75) is 37.8 Å². The van der Waals surface area contributed by atoms with Crippen LogP contribution in [0.5, 0.6) is 0 Å². The van der Waals surface area contributed by atoms with E-state index in [0.29, 0.717) is 18.0 Å². The molecule has 1 aliphatic rings. The van der Waals surface area contributed by atoms with Gasteiger partial charge in [0.15, 0.2) is 5.82 Å². The Kier molecular flexibility index (Phi) is 2.67. The van der Waals surface area contributed by atoms with Gasteiger partial charge in [0.2, 0.25) is 0 Å². The largest absolute Gasteiger partial charge is 0.381 e. The molecule has 0 aliphatic heterocycles. The van der Waals surface area contributed by atoms with Gasteiger partial charge in [-0.15, -0.1) is 5.10 Å². The number of methoxy groups -OCH3 is 1. The Balaban J connectivity index is 2.04. The highest BCUT2D eigenvalue weighted by Gasteiger charge is 2.24. The van der Waals surface area contributed by atoms with Gasteiger partial charge in [-0.05, 0) is 25.7 Å². The molecule has 0 bridgehead atoms. The van der Waals surface area contributed by atoms with Crippen molar-refractivity contribution >= 4 is 5.82 Å². The Morgan fingerprint density at radius 2 is 2.43 bits per heavy atom. The number of aromatic nitrogens is 3. The molecule has 1 aliphatic carbocycles. The van der Waals surface area contributed by atoms with Crippen LogP contribution in [0.15, 0.2) is 6.20 Å². The van der Waals surface area contributed by atoms with Gasteiger partial charge in [0.25, 0.3) is 0 Å². The molecule has 5 heteroatoms. The fourth-order valence-corrected chi connectivity index (χ4v) is 2.01. The van der Waals surface area contributed by atoms with Crippen LogP contribution in [0.1, 0.15) is 31.7 Å². The summed E-state index contributed by atoms with van der Waals surface area (Å²) in [7, 11) is 1.76. The van der Waals surface area contributed by atoms with Crippen LogP contribution in [0.25, 0.3) is 0 Å². The van der Waals surface area contributed by atoms with E-state index in [9.17, 15) is 0 Å². The van der Waals surface area contributed by atoms with Gasteiger partial charge in [-0.2, -0.15) is 9.90 Å². The molecule has 0 saturated heterocycles. The maximum absolute atomic E-state index is 5.53. The molecule has 2 atom stereocenters. The average molecular weight is 196 g/mol. The molecule has 2 unspecified atom stereocenters. The van der Waals surface area contributed by atoms with Crippen molar-refractivity contribution in [2.75, 3.05) is 12.8 Å². The zero-order valence-electron chi connectivity index (χ0n) is 8.39. The van der Waals surface area contributed by atoms with Gasteiger partial charge in [0.1, 0.15) is 0 Å². The SMILES string of the molecule is COC1CCCC(n2ncc(N)n2)C1. The highest BCUT2D eigenvalue weighted by atomic mass is 16.5. The molecule has 1 heterocycles. The van der Waals surface area contributed by atoms with Crippen molar-refractivity contribution in [3.8, 4) is 0 Å². The minimum absolute atomic E-state index is 0.348. The molecule has 0 radical (unpaired) electrons. The lowest BCUT2D eigenvalue weighted by Crippen LogP contribution is -2.25. The van der Waals surface area contributed by atoms with Crippen molar-refractivity contribution in [1.82, 2.24) is 15.0 Å². The fraction of sp³-hybridized carbons (Fsp3) is 0.778. The summed E-state index contributed by atoms with van der Waals surface area (Å²) in [4.78, 5) is 1.72. The van der Waals surface area contributed by atoms with E-state index in [1.165, 1.54) is 6.42 Å². The van der Waals surface area contributed by atoms with E-state index < -0.39 is 0 Å². The second-order valence-corrected chi connectivity index (χ2v) is 3.77. The molecular formula is C9H16N4O. The minimum Gasteiger partial charge on any atom is -0.381 e. The van der Waals surface area contributed by atoms with E-state index >= 15 is 0 Å². The normalized spacial score (nSPS) is 27.8. The van der Waals surface area contributed by atoms with Gasteiger partial charge in [-0.3, -0.25) is 0 Å². The standard InChI is InChI=1S/C9H16N4O/c1-14-8-4-2-3-7(5-8)13-11-6-9(10)12-13/h6-8H,2-5H2,1H3,(H2,10,12). The zero-order chi connectivity index (χ0) is 9.97. The van der Waals surface area contributed by atoms with Gasteiger partial charge in [0, 0.05) is 7.11 Å². The molecule has 1 aromatic rings. The first-order valence-electron chi connectivity index (χ1n) is 4.99. The molecule has 14 heavy (non-hydrogen) atoms. The quantitative estimate of drug-likeness (QED) is 0.766. The topological polar surface area (TPSA) is 66.0 Å². The fourth-order valence-electron chi connectivity index (χ4n) is 2.01. The van der Waals surface area contributed by atoms with Crippen LogP contribution in [0.2, 0.25) is 0 Å². The van der Waals surface area contributed by atoms with Crippen molar-refractivity contribution in [3.05, 3.63) is 6.20 Å². The van der Waals surface area contributed by atoms with Crippen LogP contribution in [0.3, 0.4) is 0 Å². The van der Waals surface area contributed by atoms with Crippen molar-refractivity contribution in [3.63, 3.8) is 0 Å². The highest BCUT2D eigenvalue weighted by molar-refractivity contribution is 5.19. The molecule has 0 spiro atoms. The Morgan fingerprint density at radius 3 is 3.07 bits per heavy atom. The predicted molar refractivity (Wildman–Crippen MR) is 52.7 cm³/mol. The lowest BCUT2D eigenvalue weighted by molar-refractivity contribution is 0.0480. The van der Waals surface area contributed by atoms with E-state index in [0.717, 1.165) is 19.3 Å². The number of hydrogen-bond donors (Lipinski definition) is 1. The molecule has 2 rings (SSSR count). The Labute approximate surface area is 83.2 Å². The van der Waals surface area contributed by atoms with Gasteiger partial charge >= 0.3 is 0 Å². The summed E-state index contributed by atoms with van der Waals surface area (Å²) in [5.74, 6) is 0.490. The number of anilines is 1. The average Bonchev–Trinajstić information content (AvgIpc) is 2.65. The number of rotatable bonds is 2. The maximum atomic E-state index is 5.53. The lowest BCUT2D eigenvalue weighted by atomic mass is 9.93. The van der Waals surface area contributed by atoms with E-state index in [1.807, 2.05) is 0 Å². The first kappa shape index (κ1) is 9.45. The summed E-state index contributed by atoms with van der Waals surface area (Å²) in [6.45, 7) is 0. The van der Waals surface area contributed by atoms with Crippen molar-refractivity contribution in [2.24, 2.45) is 0 Å². The van der Waals surface area contributed by atoms with Gasteiger partial charge < -0.3 is 10.5 Å². The smallest absolute Gasteiger partial charge is 0.165 e. The van der Waals surface area contributed by atoms with Crippen LogP contribution < -0.4 is 5.73 Å². The number of nitrogens with two attached hydrogens (primary N) is 1. The molecule has 1 aromatic heterocycles. The van der Waals surface area contributed by atoms with Crippen LogP contribution in [0.4, 0.5) is 5.82 Å². The Morgan fingerprint density at radius 1 is 1.57 bits per heavy atom. The van der Waals surface area contributed by atoms with Crippen molar-refractivity contribution in [1.29, 1.82) is 0 Å². The Hall–Kier alpha value is -1.10. The zero-order valence-corrected chi connectivity index (χ0v) is 8.39. The first-order chi connectivity index (χ1) is 6.79. The van der Waals surface area contributed by atoms with Crippen LogP contribution in [0, 0.1) is 0 Å². The van der Waals surface area contributed by atoms with Gasteiger partial charge in [-0.25, -0.2) is 0 Å². The van der Waals surface area contributed by atoms with Crippen LogP contribution in [-0.2, 0) is 4.74 Å². The highest BCUT2D eigenvalue weighted by Crippen LogP contribution is 2.28. The summed E-state index contributed by atoms with van der Waals surface area (Å²) < 4.78 is 5.35. The lowest BCUT2D eigenvalue weighted by Gasteiger charge is -2.27. The molecule has 78 valence electrons. The number of nitrogen functional groups attached to an aromatic ring is 1. The molecule has 0 amide bonds. The number of nitrogens with zero attached hydrogens (tertiary/aromatic N) is 3. The summed E-state index contributed by atoms with van der Waals surface area (Å²) in [6.07, 6.45) is 6.37. The molecule has 2 N–H and O–H groups in total. The molecule has 1 saturated carbocycles. The summed E-state index contributed by atoms with van der Waals surface area (Å²) >= 11 is 0. The van der Waals surface area contributed by atoms with Crippen LogP contribution in [-0.4, -0.2) is 28.2 Å². The second kappa shape index (κ2) is 3.96.